The predicted octanol–water partition coefficient (Wildman–Crippen LogP) is 1.11. The van der Waals surface area contributed by atoms with E-state index in [0.717, 1.165) is 19.3 Å². The monoisotopic (exact) mass is 183 g/mol. The predicted molar refractivity (Wildman–Crippen MR) is 57.3 cm³/mol. The molecule has 1 aliphatic rings. The third-order valence-electron chi connectivity index (χ3n) is 2.67. The Hall–Kier alpha value is -0.410. The Morgan fingerprint density at radius 3 is 3.15 bits per heavy atom. The first-order valence-corrected chi connectivity index (χ1v) is 5.27. The van der Waals surface area contributed by atoms with Crippen LogP contribution in [-0.4, -0.2) is 43.5 Å². The molecule has 1 rings (SSSR count). The van der Waals surface area contributed by atoms with Crippen molar-refractivity contribution in [3.63, 3.8) is 0 Å². The standard InChI is InChI=1S/C10H21N3/c1-3-11-9-12-8-10-6-5-7-13(10)4-2/h3,10,12H,4-9H2,1-2H3/b11-3-. The van der Waals surface area contributed by atoms with E-state index in [-0.39, 0.29) is 0 Å². The van der Waals surface area contributed by atoms with Crippen LogP contribution >= 0.6 is 0 Å². The molecule has 1 fully saturated rings. The summed E-state index contributed by atoms with van der Waals surface area (Å²) in [7, 11) is 0. The fourth-order valence-corrected chi connectivity index (χ4v) is 1.93. The molecule has 0 aromatic carbocycles. The Morgan fingerprint density at radius 2 is 2.46 bits per heavy atom. The molecule has 1 aliphatic heterocycles. The third-order valence-corrected chi connectivity index (χ3v) is 2.67. The first-order chi connectivity index (χ1) is 6.38. The molecule has 1 unspecified atom stereocenters. The molecule has 1 N–H and O–H groups in total. The van der Waals surface area contributed by atoms with Gasteiger partial charge in [0.05, 0.1) is 6.67 Å². The van der Waals surface area contributed by atoms with Crippen molar-refractivity contribution >= 4 is 6.21 Å². The molecule has 0 aromatic rings. The molecule has 13 heavy (non-hydrogen) atoms. The molecule has 3 heteroatoms. The van der Waals surface area contributed by atoms with Gasteiger partial charge in [0, 0.05) is 12.6 Å². The Bertz CT molecular complexity index is 156. The fourth-order valence-electron chi connectivity index (χ4n) is 1.93. The molecule has 76 valence electrons. The summed E-state index contributed by atoms with van der Waals surface area (Å²) in [5.41, 5.74) is 0. The molecule has 1 heterocycles. The lowest BCUT2D eigenvalue weighted by atomic mass is 10.2. The minimum absolute atomic E-state index is 0.747. The molecular weight excluding hydrogens is 162 g/mol. The maximum absolute atomic E-state index is 4.13. The number of hydrogen-bond donors (Lipinski definition) is 1. The van der Waals surface area contributed by atoms with Crippen LogP contribution in [0.15, 0.2) is 4.99 Å². The van der Waals surface area contributed by atoms with E-state index in [1.807, 2.05) is 13.1 Å². The Kier molecular flexibility index (Phi) is 5.01. The molecule has 1 saturated heterocycles. The van der Waals surface area contributed by atoms with E-state index in [1.54, 1.807) is 0 Å². The summed E-state index contributed by atoms with van der Waals surface area (Å²) in [5.74, 6) is 0. The first-order valence-electron chi connectivity index (χ1n) is 5.27. The van der Waals surface area contributed by atoms with Gasteiger partial charge in [-0.15, -0.1) is 0 Å². The lowest BCUT2D eigenvalue weighted by molar-refractivity contribution is 0.261. The van der Waals surface area contributed by atoms with Crippen molar-refractivity contribution in [2.75, 3.05) is 26.3 Å². The van der Waals surface area contributed by atoms with Gasteiger partial charge in [-0.3, -0.25) is 15.2 Å². The van der Waals surface area contributed by atoms with Crippen LogP contribution in [0, 0.1) is 0 Å². The smallest absolute Gasteiger partial charge is 0.0880 e. The van der Waals surface area contributed by atoms with Crippen LogP contribution < -0.4 is 5.32 Å². The average Bonchev–Trinajstić information content (AvgIpc) is 2.60. The summed E-state index contributed by atoms with van der Waals surface area (Å²) >= 11 is 0. The second-order valence-electron chi connectivity index (χ2n) is 3.48. The molecule has 0 aromatic heterocycles. The van der Waals surface area contributed by atoms with Crippen LogP contribution in [0.2, 0.25) is 0 Å². The van der Waals surface area contributed by atoms with Crippen LogP contribution in [-0.2, 0) is 0 Å². The average molecular weight is 183 g/mol. The minimum Gasteiger partial charge on any atom is -0.299 e. The van der Waals surface area contributed by atoms with Crippen molar-refractivity contribution in [3.05, 3.63) is 0 Å². The number of aliphatic imine (C=N–C) groups is 1. The zero-order chi connectivity index (χ0) is 9.52. The van der Waals surface area contributed by atoms with Crippen molar-refractivity contribution in [3.8, 4) is 0 Å². The largest absolute Gasteiger partial charge is 0.299 e. The van der Waals surface area contributed by atoms with E-state index in [0.29, 0.717) is 0 Å². The highest BCUT2D eigenvalue weighted by atomic mass is 15.2. The van der Waals surface area contributed by atoms with Gasteiger partial charge in [-0.25, -0.2) is 0 Å². The normalized spacial score (nSPS) is 24.6. The molecule has 0 amide bonds. The highest BCUT2D eigenvalue weighted by Crippen LogP contribution is 2.15. The second-order valence-corrected chi connectivity index (χ2v) is 3.48. The summed E-state index contributed by atoms with van der Waals surface area (Å²) in [4.78, 5) is 6.67. The van der Waals surface area contributed by atoms with Crippen molar-refractivity contribution < 1.29 is 0 Å². The summed E-state index contributed by atoms with van der Waals surface area (Å²) in [5, 5.41) is 3.35. The van der Waals surface area contributed by atoms with E-state index in [9.17, 15) is 0 Å². The minimum atomic E-state index is 0.747. The van der Waals surface area contributed by atoms with Gasteiger partial charge in [-0.05, 0) is 39.1 Å². The van der Waals surface area contributed by atoms with Gasteiger partial charge in [0.15, 0.2) is 0 Å². The number of nitrogens with one attached hydrogen (secondary N) is 1. The maximum Gasteiger partial charge on any atom is 0.0880 e. The molecule has 0 radical (unpaired) electrons. The van der Waals surface area contributed by atoms with Gasteiger partial charge in [0.1, 0.15) is 0 Å². The van der Waals surface area contributed by atoms with Gasteiger partial charge in [-0.2, -0.15) is 0 Å². The number of hydrogen-bond acceptors (Lipinski definition) is 3. The lowest BCUT2D eigenvalue weighted by Crippen LogP contribution is -2.37. The van der Waals surface area contributed by atoms with Gasteiger partial charge in [0.25, 0.3) is 0 Å². The lowest BCUT2D eigenvalue weighted by Gasteiger charge is -2.22. The Labute approximate surface area is 81.2 Å². The number of nitrogens with zero attached hydrogens (tertiary/aromatic N) is 2. The van der Waals surface area contributed by atoms with Crippen LogP contribution in [0.25, 0.3) is 0 Å². The van der Waals surface area contributed by atoms with Crippen molar-refractivity contribution in [1.82, 2.24) is 10.2 Å². The van der Waals surface area contributed by atoms with Gasteiger partial charge < -0.3 is 0 Å². The third kappa shape index (κ3) is 3.44. The molecule has 3 nitrogen and oxygen atoms in total. The van der Waals surface area contributed by atoms with Crippen LogP contribution in [0.5, 0.6) is 0 Å². The van der Waals surface area contributed by atoms with Crippen molar-refractivity contribution in [2.24, 2.45) is 4.99 Å². The van der Waals surface area contributed by atoms with Crippen LogP contribution in [0.3, 0.4) is 0 Å². The SMILES string of the molecule is C/C=N\CNCC1CCCN1CC. The van der Waals surface area contributed by atoms with E-state index < -0.39 is 0 Å². The van der Waals surface area contributed by atoms with E-state index in [1.165, 1.54) is 25.9 Å². The fraction of sp³-hybridized carbons (Fsp3) is 0.900. The van der Waals surface area contributed by atoms with E-state index in [4.69, 9.17) is 0 Å². The summed E-state index contributed by atoms with van der Waals surface area (Å²) in [6.07, 6.45) is 4.55. The van der Waals surface area contributed by atoms with Crippen molar-refractivity contribution in [1.29, 1.82) is 0 Å². The maximum atomic E-state index is 4.13. The zero-order valence-electron chi connectivity index (χ0n) is 8.79. The van der Waals surface area contributed by atoms with E-state index in [2.05, 4.69) is 22.1 Å². The summed E-state index contributed by atoms with van der Waals surface area (Å²) in [6.45, 7) is 8.51. The summed E-state index contributed by atoms with van der Waals surface area (Å²) in [6, 6.07) is 0.747. The van der Waals surface area contributed by atoms with Crippen LogP contribution in [0.1, 0.15) is 26.7 Å². The van der Waals surface area contributed by atoms with Gasteiger partial charge in [0.2, 0.25) is 0 Å². The Balaban J connectivity index is 2.12. The molecule has 1 atom stereocenters. The highest BCUT2D eigenvalue weighted by Gasteiger charge is 2.21. The molecule has 0 bridgehead atoms. The van der Waals surface area contributed by atoms with Crippen molar-refractivity contribution in [2.45, 2.75) is 32.7 Å². The summed E-state index contributed by atoms with van der Waals surface area (Å²) < 4.78 is 0. The second kappa shape index (κ2) is 6.11. The van der Waals surface area contributed by atoms with Crippen LogP contribution in [0.4, 0.5) is 0 Å². The number of likely N-dealkylation sites (tertiary alicyclic amines) is 1. The molecule has 0 aliphatic carbocycles. The zero-order valence-corrected chi connectivity index (χ0v) is 8.79. The van der Waals surface area contributed by atoms with E-state index >= 15 is 0 Å². The highest BCUT2D eigenvalue weighted by molar-refractivity contribution is 5.52. The number of rotatable bonds is 5. The topological polar surface area (TPSA) is 27.6 Å². The first kappa shape index (κ1) is 10.7. The quantitative estimate of drug-likeness (QED) is 0.511. The Morgan fingerprint density at radius 1 is 1.62 bits per heavy atom. The van der Waals surface area contributed by atoms with Gasteiger partial charge in [-0.1, -0.05) is 6.92 Å². The number of likely N-dealkylation sites (N-methyl/N-ethyl adjacent to an activating group) is 1. The molecular formula is C10H21N3. The van der Waals surface area contributed by atoms with Gasteiger partial charge >= 0.3 is 0 Å². The molecule has 0 spiro atoms. The molecule has 0 saturated carbocycles.